The lowest BCUT2D eigenvalue weighted by molar-refractivity contribution is -0.120. The fourth-order valence-electron chi connectivity index (χ4n) is 4.88. The Balaban J connectivity index is 1.24. The first kappa shape index (κ1) is 24.6. The summed E-state index contributed by atoms with van der Waals surface area (Å²) in [5.41, 5.74) is 7.83. The molecule has 0 saturated heterocycles. The van der Waals surface area contributed by atoms with Crippen molar-refractivity contribution in [3.8, 4) is 0 Å². The van der Waals surface area contributed by atoms with E-state index >= 15 is 0 Å². The predicted molar refractivity (Wildman–Crippen MR) is 146 cm³/mol. The number of fused-ring (bicyclic) bond motifs is 3. The molecule has 184 valence electrons. The Kier molecular flexibility index (Phi) is 7.44. The average Bonchev–Trinajstić information content (AvgIpc) is 3.39. The topological polar surface area (TPSA) is 53.5 Å². The highest BCUT2D eigenvalue weighted by Gasteiger charge is 2.38. The van der Waals surface area contributed by atoms with Crippen LogP contribution in [-0.2, 0) is 4.79 Å². The second-order valence-corrected chi connectivity index (χ2v) is 10.7. The molecule has 1 amide bonds. The van der Waals surface area contributed by atoms with Crippen LogP contribution in [0.5, 0.6) is 0 Å². The van der Waals surface area contributed by atoms with Crippen molar-refractivity contribution >= 4 is 40.7 Å². The van der Waals surface area contributed by atoms with Crippen molar-refractivity contribution in [2.45, 2.75) is 36.6 Å². The number of hydrogen-bond acceptors (Lipinski definition) is 4. The molecule has 0 fully saturated rings. The smallest absolute Gasteiger partial charge is 0.240 e. The maximum atomic E-state index is 13.5. The van der Waals surface area contributed by atoms with Gasteiger partial charge >= 0.3 is 0 Å². The Morgan fingerprint density at radius 2 is 1.92 bits per heavy atom. The van der Waals surface area contributed by atoms with Crippen LogP contribution in [0.25, 0.3) is 0 Å². The zero-order valence-corrected chi connectivity index (χ0v) is 21.5. The molecule has 0 bridgehead atoms. The summed E-state index contributed by atoms with van der Waals surface area (Å²) in [5.74, 6) is 0.980. The Morgan fingerprint density at radius 3 is 2.69 bits per heavy atom. The molecule has 3 aromatic rings. The van der Waals surface area contributed by atoms with E-state index in [-0.39, 0.29) is 23.7 Å². The number of hydrazone groups is 1. The minimum atomic E-state index is -0.220. The molecule has 0 unspecified atom stereocenters. The van der Waals surface area contributed by atoms with Crippen LogP contribution < -0.4 is 10.7 Å². The molecule has 0 saturated carbocycles. The van der Waals surface area contributed by atoms with Gasteiger partial charge in [-0.15, -0.1) is 11.8 Å². The number of allylic oxidation sites excluding steroid dienone is 2. The largest absolute Gasteiger partial charge is 0.378 e. The third-order valence-corrected chi connectivity index (χ3v) is 8.04. The number of hydrogen-bond donors (Lipinski definition) is 2. The quantitative estimate of drug-likeness (QED) is 0.149. The number of benzene rings is 3. The van der Waals surface area contributed by atoms with Gasteiger partial charge in [0.05, 0.1) is 11.8 Å². The highest BCUT2D eigenvalue weighted by molar-refractivity contribution is 7.99. The zero-order chi connectivity index (χ0) is 25.1. The van der Waals surface area contributed by atoms with Gasteiger partial charge in [0, 0.05) is 33.7 Å². The Morgan fingerprint density at radius 1 is 1.14 bits per heavy atom. The molecule has 1 aliphatic heterocycles. The minimum absolute atomic E-state index is 0.114. The van der Waals surface area contributed by atoms with Crippen molar-refractivity contribution in [1.82, 2.24) is 5.43 Å². The number of carbonyl (C=O) groups excluding carboxylic acids is 1. The van der Waals surface area contributed by atoms with Crippen molar-refractivity contribution in [2.24, 2.45) is 11.0 Å². The summed E-state index contributed by atoms with van der Waals surface area (Å²) in [6.45, 7) is 1.91. The van der Waals surface area contributed by atoms with E-state index in [0.717, 1.165) is 33.8 Å². The highest BCUT2D eigenvalue weighted by Crippen LogP contribution is 2.49. The van der Waals surface area contributed by atoms with Gasteiger partial charge in [0.2, 0.25) is 5.91 Å². The summed E-state index contributed by atoms with van der Waals surface area (Å²) in [4.78, 5) is 13.4. The normalized spacial score (nSPS) is 20.4. The van der Waals surface area contributed by atoms with Crippen LogP contribution in [0.2, 0.25) is 5.02 Å². The van der Waals surface area contributed by atoms with E-state index in [9.17, 15) is 9.18 Å². The molecule has 4 nitrogen and oxygen atoms in total. The molecule has 0 spiro atoms. The number of nitrogens with one attached hydrogen (secondary N) is 2. The fourth-order valence-corrected chi connectivity index (χ4v) is 5.86. The van der Waals surface area contributed by atoms with E-state index in [4.69, 9.17) is 11.6 Å². The Bertz CT molecular complexity index is 1310. The van der Waals surface area contributed by atoms with E-state index in [2.05, 4.69) is 40.1 Å². The lowest BCUT2D eigenvalue weighted by atomic mass is 9.76. The highest BCUT2D eigenvalue weighted by atomic mass is 35.5. The molecule has 3 atom stereocenters. The maximum absolute atomic E-state index is 13.5. The van der Waals surface area contributed by atoms with Crippen LogP contribution in [0, 0.1) is 11.7 Å². The first-order chi connectivity index (χ1) is 17.5. The minimum Gasteiger partial charge on any atom is -0.378 e. The molecular weight excluding hydrogens is 493 g/mol. The van der Waals surface area contributed by atoms with Gasteiger partial charge in [0.1, 0.15) is 5.82 Å². The molecule has 7 heteroatoms. The van der Waals surface area contributed by atoms with Crippen molar-refractivity contribution in [3.63, 3.8) is 0 Å². The number of halogens is 2. The van der Waals surface area contributed by atoms with Crippen LogP contribution in [0.4, 0.5) is 10.1 Å². The molecule has 2 aliphatic rings. The molecule has 1 heterocycles. The maximum Gasteiger partial charge on any atom is 0.240 e. The van der Waals surface area contributed by atoms with Crippen LogP contribution in [0.1, 0.15) is 48.4 Å². The number of carbonyl (C=O) groups is 1. The van der Waals surface area contributed by atoms with Gasteiger partial charge in [-0.05, 0) is 84.5 Å². The van der Waals surface area contributed by atoms with Crippen molar-refractivity contribution in [1.29, 1.82) is 0 Å². The second-order valence-electron chi connectivity index (χ2n) is 9.11. The van der Waals surface area contributed by atoms with Crippen molar-refractivity contribution in [3.05, 3.63) is 106 Å². The first-order valence-corrected chi connectivity index (χ1v) is 13.4. The van der Waals surface area contributed by atoms with Gasteiger partial charge in [-0.2, -0.15) is 5.10 Å². The van der Waals surface area contributed by atoms with Gasteiger partial charge in [-0.25, -0.2) is 9.82 Å². The average molecular weight is 520 g/mol. The number of rotatable bonds is 7. The second kappa shape index (κ2) is 10.9. The lowest BCUT2D eigenvalue weighted by Gasteiger charge is -2.37. The standard InChI is InChI=1S/C29H27ClFN3OS/c1-18(33-34-28(35)15-16-36-23-12-8-21(30)9-13-23)20-7-14-27-26(17-20)24-3-2-4-25(24)29(32-27)19-5-10-22(31)11-6-19/h2-3,5-14,17,24-25,29,32H,4,15-16H2,1H3,(H,34,35)/b33-18-/t24-,25+,29+/m1/s1. The van der Waals surface area contributed by atoms with E-state index in [1.165, 1.54) is 17.7 Å². The lowest BCUT2D eigenvalue weighted by Crippen LogP contribution is -2.29. The van der Waals surface area contributed by atoms with Gasteiger partial charge in [0.15, 0.2) is 0 Å². The number of thioether (sulfide) groups is 1. The molecule has 0 aromatic heterocycles. The summed E-state index contributed by atoms with van der Waals surface area (Å²) in [5, 5.41) is 8.73. The molecule has 36 heavy (non-hydrogen) atoms. The summed E-state index contributed by atoms with van der Waals surface area (Å²) >= 11 is 7.52. The van der Waals surface area contributed by atoms with Crippen LogP contribution in [0.3, 0.4) is 0 Å². The van der Waals surface area contributed by atoms with E-state index in [1.54, 1.807) is 11.8 Å². The van der Waals surface area contributed by atoms with E-state index in [1.807, 2.05) is 49.4 Å². The SMILES string of the molecule is C/C(=N/NC(=O)CCSc1ccc(Cl)cc1)c1ccc2c(c1)[C@@H]1C=CC[C@@H]1[C@H](c1ccc(F)cc1)N2. The van der Waals surface area contributed by atoms with E-state index < -0.39 is 0 Å². The number of nitrogens with zero attached hydrogens (tertiary/aromatic N) is 1. The van der Waals surface area contributed by atoms with Gasteiger partial charge in [-0.1, -0.05) is 42.0 Å². The van der Waals surface area contributed by atoms with Gasteiger partial charge in [-0.3, -0.25) is 4.79 Å². The molecular formula is C29H27ClFN3OS. The predicted octanol–water partition coefficient (Wildman–Crippen LogP) is 7.33. The van der Waals surface area contributed by atoms with Crippen LogP contribution >= 0.6 is 23.4 Å². The van der Waals surface area contributed by atoms with Crippen LogP contribution in [-0.4, -0.2) is 17.4 Å². The first-order valence-electron chi connectivity index (χ1n) is 12.0. The molecule has 3 aromatic carbocycles. The zero-order valence-electron chi connectivity index (χ0n) is 19.9. The fraction of sp³-hybridized carbons (Fsp3) is 0.241. The third kappa shape index (κ3) is 5.50. The summed E-state index contributed by atoms with van der Waals surface area (Å²) in [6.07, 6.45) is 5.85. The molecule has 5 rings (SSSR count). The van der Waals surface area contributed by atoms with Gasteiger partial charge in [0.25, 0.3) is 0 Å². The summed E-state index contributed by atoms with van der Waals surface area (Å²) < 4.78 is 13.5. The Hall–Kier alpha value is -3.09. The number of amides is 1. The Labute approximate surface area is 220 Å². The summed E-state index contributed by atoms with van der Waals surface area (Å²) in [7, 11) is 0. The molecule has 1 aliphatic carbocycles. The summed E-state index contributed by atoms with van der Waals surface area (Å²) in [6, 6.07) is 20.8. The van der Waals surface area contributed by atoms with Crippen molar-refractivity contribution < 1.29 is 9.18 Å². The van der Waals surface area contributed by atoms with Gasteiger partial charge < -0.3 is 5.32 Å². The monoisotopic (exact) mass is 519 g/mol. The number of anilines is 1. The molecule has 0 radical (unpaired) electrons. The molecule has 2 N–H and O–H groups in total. The van der Waals surface area contributed by atoms with E-state index in [0.29, 0.717) is 23.1 Å². The van der Waals surface area contributed by atoms with Crippen molar-refractivity contribution in [2.75, 3.05) is 11.1 Å². The van der Waals surface area contributed by atoms with Crippen LogP contribution in [0.15, 0.2) is 88.9 Å². The third-order valence-electron chi connectivity index (χ3n) is 6.77.